The van der Waals surface area contributed by atoms with Gasteiger partial charge in [0.05, 0.1) is 24.4 Å². The van der Waals surface area contributed by atoms with Crippen LogP contribution in [0.1, 0.15) is 125 Å². The maximum Gasteiger partial charge on any atom is 0.329 e. The zero-order valence-corrected chi connectivity index (χ0v) is 39.7. The third kappa shape index (κ3) is 14.1. The van der Waals surface area contributed by atoms with Crippen LogP contribution in [0, 0.1) is 29.6 Å². The molecule has 0 unspecified atom stereocenters. The van der Waals surface area contributed by atoms with Crippen molar-refractivity contribution in [2.45, 2.75) is 180 Å². The molecule has 0 aromatic rings. The van der Waals surface area contributed by atoms with E-state index in [9.17, 15) is 39.3 Å². The Bertz CT molecular complexity index is 1720. The number of amides is 1. The highest BCUT2D eigenvalue weighted by atomic mass is 16.6. The molecule has 0 spiro atoms. The zero-order chi connectivity index (χ0) is 47.3. The molecule has 3 heterocycles. The first-order chi connectivity index (χ1) is 30.3. The van der Waals surface area contributed by atoms with E-state index in [1.165, 1.54) is 12.0 Å². The van der Waals surface area contributed by atoms with Gasteiger partial charge in [0.15, 0.2) is 5.78 Å². The van der Waals surface area contributed by atoms with Gasteiger partial charge in [-0.2, -0.15) is 0 Å². The third-order valence-corrected chi connectivity index (χ3v) is 14.1. The average Bonchev–Trinajstić information content (AvgIpc) is 3.27. The Morgan fingerprint density at radius 2 is 1.59 bits per heavy atom. The molecule has 3 aliphatic heterocycles. The minimum atomic E-state index is -2.42. The number of aliphatic hydroxyl groups excluding tert-OH is 2. The van der Waals surface area contributed by atoms with E-state index in [0.717, 1.165) is 12.0 Å². The number of carbonyl (C=O) groups is 5. The molecule has 1 aliphatic carbocycles. The number of piperidine rings is 1. The summed E-state index contributed by atoms with van der Waals surface area (Å²) in [7, 11) is 4.51. The van der Waals surface area contributed by atoms with Gasteiger partial charge in [-0.15, -0.1) is 0 Å². The summed E-state index contributed by atoms with van der Waals surface area (Å²) >= 11 is 0. The molecule has 2 bridgehead atoms. The fourth-order valence-corrected chi connectivity index (χ4v) is 9.85. The molecule has 3 fully saturated rings. The fourth-order valence-electron chi connectivity index (χ4n) is 9.85. The van der Waals surface area contributed by atoms with E-state index >= 15 is 0 Å². The number of aliphatic hydroxyl groups is 3. The molecule has 14 nitrogen and oxygen atoms in total. The highest BCUT2D eigenvalue weighted by Crippen LogP contribution is 2.37. The number of methoxy groups -OCH3 is 3. The predicted molar refractivity (Wildman–Crippen MR) is 241 cm³/mol. The van der Waals surface area contributed by atoms with E-state index in [4.69, 9.17) is 23.7 Å². The van der Waals surface area contributed by atoms with Gasteiger partial charge >= 0.3 is 5.97 Å². The third-order valence-electron chi connectivity index (χ3n) is 14.1. The van der Waals surface area contributed by atoms with Gasteiger partial charge in [0.25, 0.3) is 11.7 Å². The van der Waals surface area contributed by atoms with Crippen LogP contribution in [-0.4, -0.2) is 132 Å². The minimum Gasteiger partial charge on any atom is -0.460 e. The number of nitrogens with zero attached hydrogens (tertiary/aromatic N) is 1. The first-order valence-electron chi connectivity index (χ1n) is 23.5. The van der Waals surface area contributed by atoms with Gasteiger partial charge in [-0.1, -0.05) is 64.2 Å². The summed E-state index contributed by atoms with van der Waals surface area (Å²) in [5.74, 6) is -7.18. The van der Waals surface area contributed by atoms with Crippen LogP contribution in [0.4, 0.5) is 0 Å². The van der Waals surface area contributed by atoms with Crippen LogP contribution in [0.2, 0.25) is 0 Å². The minimum absolute atomic E-state index is 0.0239. The summed E-state index contributed by atoms with van der Waals surface area (Å²) in [5.41, 5.74) is 1.27. The number of ketones is 3. The van der Waals surface area contributed by atoms with E-state index in [1.54, 1.807) is 34.1 Å². The summed E-state index contributed by atoms with van der Waals surface area (Å²) in [6, 6.07) is -1.13. The van der Waals surface area contributed by atoms with Crippen LogP contribution < -0.4 is 0 Å². The normalized spacial score (nSPS) is 39.7. The number of carbonyl (C=O) groups excluding carboxylic acids is 5. The highest BCUT2D eigenvalue weighted by Gasteiger charge is 2.53. The standard InChI is InChI=1S/C50H77NO13/c1-30-15-11-10-12-16-31(2)41(60-7)29-38-22-19-35(6)50(59,64-38)47(56)48(57)51-24-14-13-17-39(51)49(58)63-42(33(4)26-36-20-23-40(53)43(27-36)61-8)28-37(52)21-18-32(3)44(54)46(62-9)45(55)34(5)25-30/h10-12,15-16,18,30,33-36,38-44,46,53-54,59H,13-14,17,19-29H2,1-9H3/b12-10+,15-11+,31-16+,32-18+/t30-,33-,34-,35-,36+,38+,39+,40-,41+,42+,43-,44-,46-,50-/m1/s1. The first-order valence-corrected chi connectivity index (χ1v) is 23.5. The molecule has 360 valence electrons. The molecule has 0 aromatic carbocycles. The Hall–Kier alpha value is -3.37. The maximum absolute atomic E-state index is 14.3. The second-order valence-electron chi connectivity index (χ2n) is 19.1. The van der Waals surface area contributed by atoms with Crippen molar-refractivity contribution in [3.8, 4) is 0 Å². The number of ether oxygens (including phenoxy) is 5. The van der Waals surface area contributed by atoms with Crippen molar-refractivity contribution in [1.82, 2.24) is 4.90 Å². The number of allylic oxidation sites excluding steroid dienone is 6. The van der Waals surface area contributed by atoms with Crippen LogP contribution in [0.5, 0.6) is 0 Å². The molecule has 1 saturated carbocycles. The zero-order valence-electron chi connectivity index (χ0n) is 39.7. The molecule has 0 aromatic heterocycles. The fraction of sp³-hybridized carbons (Fsp3) is 0.740. The SMILES string of the molecule is CO[C@H]1C[C@@H]2CC[C@@H](C)[C@@](O)(O2)C(=O)C(=O)N2CCCC[C@H]2C(=O)O[C@H]([C@H](C)C[C@@H]2CC[C@@H](O)[C@H](OC)C2)CC(=O)C/C=C(\C)[C@@H](O)[C@@H](OC)C(=O)[C@H](C)C[C@H](C)/C=C/C=C/C=C/1C. The van der Waals surface area contributed by atoms with E-state index in [1.807, 2.05) is 58.1 Å². The number of cyclic esters (lactones) is 1. The summed E-state index contributed by atoms with van der Waals surface area (Å²) in [4.78, 5) is 71.2. The van der Waals surface area contributed by atoms with E-state index < -0.39 is 77.9 Å². The lowest BCUT2D eigenvalue weighted by Crippen LogP contribution is -2.61. The van der Waals surface area contributed by atoms with Gasteiger partial charge in [-0.3, -0.25) is 19.2 Å². The predicted octanol–water partition coefficient (Wildman–Crippen LogP) is 5.93. The topological polar surface area (TPSA) is 195 Å². The van der Waals surface area contributed by atoms with Crippen molar-refractivity contribution in [3.63, 3.8) is 0 Å². The van der Waals surface area contributed by atoms with Gasteiger partial charge in [-0.25, -0.2) is 4.79 Å². The van der Waals surface area contributed by atoms with Crippen molar-refractivity contribution in [3.05, 3.63) is 47.6 Å². The second kappa shape index (κ2) is 25.0. The molecule has 1 amide bonds. The van der Waals surface area contributed by atoms with Crippen molar-refractivity contribution in [1.29, 1.82) is 0 Å². The molecule has 0 radical (unpaired) electrons. The Morgan fingerprint density at radius 1 is 0.859 bits per heavy atom. The lowest BCUT2D eigenvalue weighted by atomic mass is 9.78. The highest BCUT2D eigenvalue weighted by molar-refractivity contribution is 6.39. The molecule has 3 N–H and O–H groups in total. The Balaban J connectivity index is 1.68. The molecular weight excluding hydrogens is 823 g/mol. The quantitative estimate of drug-likeness (QED) is 0.161. The summed E-state index contributed by atoms with van der Waals surface area (Å²) in [6.07, 6.45) is 11.1. The second-order valence-corrected chi connectivity index (χ2v) is 19.1. The number of hydrogen-bond donors (Lipinski definition) is 3. The molecule has 2 saturated heterocycles. The van der Waals surface area contributed by atoms with Crippen molar-refractivity contribution in [2.24, 2.45) is 29.6 Å². The van der Waals surface area contributed by atoms with Crippen LogP contribution in [0.25, 0.3) is 0 Å². The monoisotopic (exact) mass is 900 g/mol. The molecule has 64 heavy (non-hydrogen) atoms. The van der Waals surface area contributed by atoms with Gasteiger partial charge in [-0.05, 0) is 107 Å². The van der Waals surface area contributed by atoms with Crippen LogP contribution in [0.15, 0.2) is 47.6 Å². The molecule has 14 heteroatoms. The van der Waals surface area contributed by atoms with E-state index in [2.05, 4.69) is 0 Å². The van der Waals surface area contributed by atoms with Gasteiger partial charge in [0.1, 0.15) is 30.1 Å². The molecular formula is C50H77NO13. The number of fused-ring (bicyclic) bond motifs is 3. The maximum atomic E-state index is 14.3. The van der Waals surface area contributed by atoms with Crippen LogP contribution >= 0.6 is 0 Å². The van der Waals surface area contributed by atoms with E-state index in [-0.39, 0.29) is 61.2 Å². The number of hydrogen-bond acceptors (Lipinski definition) is 13. The largest absolute Gasteiger partial charge is 0.460 e. The van der Waals surface area contributed by atoms with Gasteiger partial charge in [0.2, 0.25) is 5.79 Å². The lowest BCUT2D eigenvalue weighted by Gasteiger charge is -2.42. The number of esters is 1. The Kier molecular flexibility index (Phi) is 20.8. The molecule has 4 aliphatic rings. The number of Topliss-reactive ketones (excluding diaryl/α,β-unsaturated/α-hetero) is 3. The first kappa shape index (κ1) is 53.2. The molecule has 4 rings (SSSR count). The van der Waals surface area contributed by atoms with Crippen molar-refractivity contribution >= 4 is 29.2 Å². The summed E-state index contributed by atoms with van der Waals surface area (Å²) in [5, 5.41) is 33.7. The van der Waals surface area contributed by atoms with Crippen molar-refractivity contribution < 1.29 is 63.0 Å². The Labute approximate surface area is 380 Å². The van der Waals surface area contributed by atoms with Crippen LogP contribution in [0.3, 0.4) is 0 Å². The lowest BCUT2D eigenvalue weighted by molar-refractivity contribution is -0.265. The van der Waals surface area contributed by atoms with E-state index in [0.29, 0.717) is 63.4 Å². The van der Waals surface area contributed by atoms with Crippen LogP contribution in [-0.2, 0) is 47.7 Å². The smallest absolute Gasteiger partial charge is 0.329 e. The van der Waals surface area contributed by atoms with Gasteiger partial charge in [0, 0.05) is 59.0 Å². The Morgan fingerprint density at radius 3 is 2.28 bits per heavy atom. The van der Waals surface area contributed by atoms with Gasteiger partial charge < -0.3 is 43.9 Å². The number of rotatable bonds is 6. The van der Waals surface area contributed by atoms with Crippen molar-refractivity contribution in [2.75, 3.05) is 27.9 Å². The average molecular weight is 900 g/mol. The molecule has 14 atom stereocenters. The summed E-state index contributed by atoms with van der Waals surface area (Å²) in [6.45, 7) is 11.0. The summed E-state index contributed by atoms with van der Waals surface area (Å²) < 4.78 is 29.2.